The molecule has 0 aliphatic carbocycles. The summed E-state index contributed by atoms with van der Waals surface area (Å²) < 4.78 is 6.17. The van der Waals surface area contributed by atoms with E-state index in [1.165, 1.54) is 19.3 Å². The number of piperidine rings is 1. The van der Waals surface area contributed by atoms with E-state index < -0.39 is 0 Å². The predicted molar refractivity (Wildman–Crippen MR) is 94.9 cm³/mol. The van der Waals surface area contributed by atoms with Crippen molar-refractivity contribution >= 4 is 11.6 Å². The summed E-state index contributed by atoms with van der Waals surface area (Å²) in [6, 6.07) is 3.97. The van der Waals surface area contributed by atoms with Gasteiger partial charge in [-0.3, -0.25) is 4.79 Å². The number of aryl methyl sites for hydroxylation is 2. The lowest BCUT2D eigenvalue weighted by molar-refractivity contribution is -0.928. The van der Waals surface area contributed by atoms with Crippen molar-refractivity contribution in [3.63, 3.8) is 0 Å². The van der Waals surface area contributed by atoms with E-state index in [1.807, 2.05) is 26.0 Å². The minimum Gasteiger partial charge on any atom is -0.497 e. The summed E-state index contributed by atoms with van der Waals surface area (Å²) in [5.41, 5.74) is 3.02. The van der Waals surface area contributed by atoms with E-state index in [0.717, 1.165) is 46.6 Å². The SMILES string of the molecule is CCC(C(=O)Nc1c(C)cc(OC)cc1C)[N+]1(C)CCCCC1. The molecule has 1 heterocycles. The van der Waals surface area contributed by atoms with Crippen molar-refractivity contribution in [2.75, 3.05) is 32.6 Å². The number of ether oxygens (including phenoxy) is 1. The third-order valence-corrected chi connectivity index (χ3v) is 5.27. The van der Waals surface area contributed by atoms with Crippen LogP contribution in [0.4, 0.5) is 5.69 Å². The number of hydrogen-bond acceptors (Lipinski definition) is 2. The van der Waals surface area contributed by atoms with Crippen LogP contribution in [0.15, 0.2) is 12.1 Å². The number of carbonyl (C=O) groups excluding carboxylic acids is 1. The van der Waals surface area contributed by atoms with E-state index in [-0.39, 0.29) is 11.9 Å². The summed E-state index contributed by atoms with van der Waals surface area (Å²) in [6.45, 7) is 8.36. The fraction of sp³-hybridized carbons (Fsp3) is 0.632. The van der Waals surface area contributed by atoms with Crippen LogP contribution in [-0.4, -0.2) is 43.7 Å². The van der Waals surface area contributed by atoms with Gasteiger partial charge in [0.05, 0.1) is 27.2 Å². The third kappa shape index (κ3) is 3.86. The number of carbonyl (C=O) groups is 1. The number of amides is 1. The van der Waals surface area contributed by atoms with E-state index >= 15 is 0 Å². The molecule has 0 aromatic heterocycles. The van der Waals surface area contributed by atoms with Gasteiger partial charge in [-0.1, -0.05) is 6.92 Å². The van der Waals surface area contributed by atoms with Crippen LogP contribution >= 0.6 is 0 Å². The highest BCUT2D eigenvalue weighted by Crippen LogP contribution is 2.28. The number of likely N-dealkylation sites (N-methyl/N-ethyl adjacent to an activating group) is 1. The number of methoxy groups -OCH3 is 1. The summed E-state index contributed by atoms with van der Waals surface area (Å²) >= 11 is 0. The molecule has 1 aromatic carbocycles. The topological polar surface area (TPSA) is 38.3 Å². The van der Waals surface area contributed by atoms with Gasteiger partial charge in [0.25, 0.3) is 5.91 Å². The molecule has 1 aliphatic heterocycles. The average Bonchev–Trinajstić information content (AvgIpc) is 2.51. The van der Waals surface area contributed by atoms with Gasteiger partial charge in [0.1, 0.15) is 5.75 Å². The molecule has 1 fully saturated rings. The van der Waals surface area contributed by atoms with Crippen LogP contribution < -0.4 is 10.1 Å². The lowest BCUT2D eigenvalue weighted by Gasteiger charge is -2.43. The van der Waals surface area contributed by atoms with Crippen molar-refractivity contribution in [2.24, 2.45) is 0 Å². The first kappa shape index (κ1) is 17.8. The van der Waals surface area contributed by atoms with E-state index in [4.69, 9.17) is 4.74 Å². The molecule has 0 spiro atoms. The Morgan fingerprint density at radius 1 is 1.22 bits per heavy atom. The number of benzene rings is 1. The van der Waals surface area contributed by atoms with Crippen LogP contribution in [0.25, 0.3) is 0 Å². The van der Waals surface area contributed by atoms with Crippen LogP contribution in [0.1, 0.15) is 43.7 Å². The summed E-state index contributed by atoms with van der Waals surface area (Å²) in [7, 11) is 3.90. The van der Waals surface area contributed by atoms with Gasteiger partial charge in [-0.2, -0.15) is 0 Å². The Kier molecular flexibility index (Phi) is 5.69. The smallest absolute Gasteiger partial charge is 0.282 e. The molecule has 0 saturated carbocycles. The van der Waals surface area contributed by atoms with Gasteiger partial charge in [-0.15, -0.1) is 0 Å². The fourth-order valence-corrected chi connectivity index (χ4v) is 3.90. The maximum atomic E-state index is 12.9. The molecule has 1 aromatic rings. The quantitative estimate of drug-likeness (QED) is 0.841. The van der Waals surface area contributed by atoms with Gasteiger partial charge >= 0.3 is 0 Å². The standard InChI is InChI=1S/C19H30N2O2/c1-6-17(21(4)10-8-7-9-11-21)19(22)20-18-14(2)12-16(23-5)13-15(18)3/h12-13,17H,6-11H2,1-5H3/p+1. The number of nitrogens with zero attached hydrogens (tertiary/aromatic N) is 1. The zero-order valence-electron chi connectivity index (χ0n) is 15.2. The van der Waals surface area contributed by atoms with Crippen LogP contribution in [0.5, 0.6) is 5.75 Å². The molecule has 1 atom stereocenters. The first-order valence-corrected chi connectivity index (χ1v) is 8.71. The minimum atomic E-state index is 0.0243. The fourth-order valence-electron chi connectivity index (χ4n) is 3.90. The van der Waals surface area contributed by atoms with Crippen molar-refractivity contribution in [3.8, 4) is 5.75 Å². The number of nitrogens with one attached hydrogen (secondary N) is 1. The molecule has 23 heavy (non-hydrogen) atoms. The molecule has 1 unspecified atom stereocenters. The second-order valence-electron chi connectivity index (χ2n) is 7.04. The Hall–Kier alpha value is -1.55. The normalized spacial score (nSPS) is 18.3. The first-order chi connectivity index (χ1) is 10.9. The molecule has 4 nitrogen and oxygen atoms in total. The number of likely N-dealkylation sites (tertiary alicyclic amines) is 1. The zero-order valence-corrected chi connectivity index (χ0v) is 15.2. The van der Waals surface area contributed by atoms with Gasteiger partial charge in [0, 0.05) is 12.1 Å². The average molecular weight is 319 g/mol. The molecular weight excluding hydrogens is 288 g/mol. The largest absolute Gasteiger partial charge is 0.497 e. The highest BCUT2D eigenvalue weighted by atomic mass is 16.5. The van der Waals surface area contributed by atoms with E-state index in [9.17, 15) is 4.79 Å². The van der Waals surface area contributed by atoms with Crippen LogP contribution in [0.2, 0.25) is 0 Å². The Balaban J connectivity index is 2.20. The van der Waals surface area contributed by atoms with Gasteiger partial charge < -0.3 is 14.5 Å². The highest BCUT2D eigenvalue weighted by molar-refractivity contribution is 5.95. The number of anilines is 1. The van der Waals surface area contributed by atoms with E-state index in [1.54, 1.807) is 7.11 Å². The van der Waals surface area contributed by atoms with Crippen molar-refractivity contribution in [3.05, 3.63) is 23.3 Å². The molecular formula is C19H31N2O2+. The van der Waals surface area contributed by atoms with Gasteiger partial charge in [-0.05, 0) is 56.4 Å². The molecule has 1 N–H and O–H groups in total. The number of hydrogen-bond donors (Lipinski definition) is 1. The molecule has 0 radical (unpaired) electrons. The summed E-state index contributed by atoms with van der Waals surface area (Å²) in [5.74, 6) is 0.980. The first-order valence-electron chi connectivity index (χ1n) is 8.71. The number of rotatable bonds is 5. The van der Waals surface area contributed by atoms with Crippen molar-refractivity contribution in [1.29, 1.82) is 0 Å². The molecule has 1 aliphatic rings. The second kappa shape index (κ2) is 7.35. The lowest BCUT2D eigenvalue weighted by Crippen LogP contribution is -2.59. The van der Waals surface area contributed by atoms with Gasteiger partial charge in [-0.25, -0.2) is 0 Å². The van der Waals surface area contributed by atoms with Crippen molar-refractivity contribution in [1.82, 2.24) is 0 Å². The van der Waals surface area contributed by atoms with Crippen molar-refractivity contribution in [2.45, 2.75) is 52.5 Å². The Morgan fingerprint density at radius 3 is 2.26 bits per heavy atom. The lowest BCUT2D eigenvalue weighted by atomic mass is 10.0. The van der Waals surface area contributed by atoms with Gasteiger partial charge in [0.2, 0.25) is 0 Å². The van der Waals surface area contributed by atoms with E-state index in [2.05, 4.69) is 19.3 Å². The maximum absolute atomic E-state index is 12.9. The highest BCUT2D eigenvalue weighted by Gasteiger charge is 2.38. The Bertz CT molecular complexity index is 539. The molecule has 4 heteroatoms. The predicted octanol–water partition coefficient (Wildman–Crippen LogP) is 3.66. The molecule has 1 saturated heterocycles. The maximum Gasteiger partial charge on any atom is 0.282 e. The van der Waals surface area contributed by atoms with E-state index in [0.29, 0.717) is 0 Å². The minimum absolute atomic E-state index is 0.0243. The Labute approximate surface area is 140 Å². The summed E-state index contributed by atoms with van der Waals surface area (Å²) in [4.78, 5) is 12.9. The second-order valence-corrected chi connectivity index (χ2v) is 7.04. The monoisotopic (exact) mass is 319 g/mol. The zero-order chi connectivity index (χ0) is 17.0. The third-order valence-electron chi connectivity index (χ3n) is 5.27. The van der Waals surface area contributed by atoms with Crippen molar-refractivity contribution < 1.29 is 14.0 Å². The summed E-state index contributed by atoms with van der Waals surface area (Å²) in [5, 5.41) is 3.19. The molecule has 0 bridgehead atoms. The molecule has 2 rings (SSSR count). The van der Waals surface area contributed by atoms with Crippen LogP contribution in [0.3, 0.4) is 0 Å². The van der Waals surface area contributed by atoms with Crippen LogP contribution in [0, 0.1) is 13.8 Å². The molecule has 1 amide bonds. The molecule has 128 valence electrons. The summed E-state index contributed by atoms with van der Waals surface area (Å²) in [6.07, 6.45) is 4.61. The number of quaternary nitrogens is 1. The van der Waals surface area contributed by atoms with Gasteiger partial charge in [0.15, 0.2) is 6.04 Å². The van der Waals surface area contributed by atoms with Crippen LogP contribution in [-0.2, 0) is 4.79 Å². The Morgan fingerprint density at radius 2 is 1.78 bits per heavy atom.